The maximum absolute atomic E-state index is 9.22. The van der Waals surface area contributed by atoms with Crippen molar-refractivity contribution in [3.8, 4) is 0 Å². The van der Waals surface area contributed by atoms with Gasteiger partial charge in [-0.1, -0.05) is 25.5 Å². The number of anilines is 2. The number of unbranched alkanes of at least 4 members (excludes halogenated alkanes) is 1. The molecule has 1 aromatic heterocycles. The van der Waals surface area contributed by atoms with Crippen LogP contribution in [-0.2, 0) is 0 Å². The molecule has 1 aromatic carbocycles. The van der Waals surface area contributed by atoms with Crippen LogP contribution in [0.25, 0.3) is 10.9 Å². The van der Waals surface area contributed by atoms with E-state index in [2.05, 4.69) is 21.8 Å². The molecule has 0 saturated carbocycles. The SMILES string of the molecule is CCCCN(CCO)c1nc(N)nc2ccccc12. The molecule has 5 nitrogen and oxygen atoms in total. The summed E-state index contributed by atoms with van der Waals surface area (Å²) in [7, 11) is 0. The predicted octanol–water partition coefficient (Wildman–Crippen LogP) is 1.81. The second-order valence-electron chi connectivity index (χ2n) is 4.49. The van der Waals surface area contributed by atoms with Gasteiger partial charge in [0.05, 0.1) is 12.1 Å². The van der Waals surface area contributed by atoms with Gasteiger partial charge in [-0.15, -0.1) is 0 Å². The van der Waals surface area contributed by atoms with E-state index in [9.17, 15) is 5.11 Å². The number of nitrogens with zero attached hydrogens (tertiary/aromatic N) is 3. The van der Waals surface area contributed by atoms with Crippen molar-refractivity contribution in [2.24, 2.45) is 0 Å². The third-order valence-electron chi connectivity index (χ3n) is 3.05. The third kappa shape index (κ3) is 3.12. The fraction of sp³-hybridized carbons (Fsp3) is 0.429. The number of nitrogen functional groups attached to an aromatic ring is 1. The lowest BCUT2D eigenvalue weighted by Gasteiger charge is -2.24. The van der Waals surface area contributed by atoms with E-state index < -0.39 is 0 Å². The monoisotopic (exact) mass is 260 g/mol. The molecule has 0 atom stereocenters. The highest BCUT2D eigenvalue weighted by molar-refractivity contribution is 5.90. The molecule has 19 heavy (non-hydrogen) atoms. The molecule has 0 saturated heterocycles. The molecule has 2 rings (SSSR count). The van der Waals surface area contributed by atoms with E-state index in [-0.39, 0.29) is 12.6 Å². The Kier molecular flexibility index (Phi) is 4.52. The van der Waals surface area contributed by atoms with E-state index in [1.165, 1.54) is 0 Å². The van der Waals surface area contributed by atoms with Crippen molar-refractivity contribution in [1.29, 1.82) is 0 Å². The van der Waals surface area contributed by atoms with Gasteiger partial charge in [0.1, 0.15) is 5.82 Å². The summed E-state index contributed by atoms with van der Waals surface area (Å²) < 4.78 is 0. The van der Waals surface area contributed by atoms with Gasteiger partial charge < -0.3 is 15.7 Å². The van der Waals surface area contributed by atoms with Crippen LogP contribution in [-0.4, -0.2) is 34.8 Å². The van der Waals surface area contributed by atoms with Crippen LogP contribution in [0.2, 0.25) is 0 Å². The normalized spacial score (nSPS) is 10.8. The van der Waals surface area contributed by atoms with Crippen LogP contribution >= 0.6 is 0 Å². The minimum absolute atomic E-state index is 0.0992. The van der Waals surface area contributed by atoms with Gasteiger partial charge in [-0.05, 0) is 18.6 Å². The van der Waals surface area contributed by atoms with E-state index in [0.29, 0.717) is 6.54 Å². The van der Waals surface area contributed by atoms with Crippen molar-refractivity contribution in [3.63, 3.8) is 0 Å². The lowest BCUT2D eigenvalue weighted by molar-refractivity contribution is 0.301. The molecular formula is C14H20N4O. The fourth-order valence-electron chi connectivity index (χ4n) is 2.11. The van der Waals surface area contributed by atoms with Gasteiger partial charge in [0.15, 0.2) is 0 Å². The number of para-hydroxylation sites is 1. The number of hydrogen-bond donors (Lipinski definition) is 2. The molecular weight excluding hydrogens is 240 g/mol. The van der Waals surface area contributed by atoms with Gasteiger partial charge >= 0.3 is 0 Å². The second-order valence-corrected chi connectivity index (χ2v) is 4.49. The third-order valence-corrected chi connectivity index (χ3v) is 3.05. The minimum atomic E-state index is 0.0992. The van der Waals surface area contributed by atoms with E-state index in [1.54, 1.807) is 0 Å². The Labute approximate surface area is 113 Å². The molecule has 0 spiro atoms. The Morgan fingerprint density at radius 1 is 1.21 bits per heavy atom. The molecule has 0 bridgehead atoms. The summed E-state index contributed by atoms with van der Waals surface area (Å²) >= 11 is 0. The molecule has 0 fully saturated rings. The lowest BCUT2D eigenvalue weighted by atomic mass is 10.2. The largest absolute Gasteiger partial charge is 0.395 e. The molecule has 2 aromatic rings. The Morgan fingerprint density at radius 3 is 2.74 bits per heavy atom. The number of benzene rings is 1. The van der Waals surface area contributed by atoms with Gasteiger partial charge in [-0.3, -0.25) is 0 Å². The Balaban J connectivity index is 2.45. The van der Waals surface area contributed by atoms with Crippen LogP contribution in [0.3, 0.4) is 0 Å². The van der Waals surface area contributed by atoms with Crippen LogP contribution in [0, 0.1) is 0 Å². The van der Waals surface area contributed by atoms with Crippen molar-refractivity contribution in [2.75, 3.05) is 30.3 Å². The first-order valence-electron chi connectivity index (χ1n) is 6.64. The van der Waals surface area contributed by atoms with E-state index in [4.69, 9.17) is 5.73 Å². The van der Waals surface area contributed by atoms with Crippen molar-refractivity contribution >= 4 is 22.7 Å². The fourth-order valence-corrected chi connectivity index (χ4v) is 2.11. The number of nitrogens with two attached hydrogens (primary N) is 1. The summed E-state index contributed by atoms with van der Waals surface area (Å²) in [4.78, 5) is 10.7. The molecule has 0 unspecified atom stereocenters. The number of aromatic nitrogens is 2. The zero-order chi connectivity index (χ0) is 13.7. The zero-order valence-corrected chi connectivity index (χ0v) is 11.2. The quantitative estimate of drug-likeness (QED) is 0.828. The number of rotatable bonds is 6. The number of fused-ring (bicyclic) bond motifs is 1. The van der Waals surface area contributed by atoms with E-state index >= 15 is 0 Å². The molecule has 102 valence electrons. The molecule has 0 aliphatic heterocycles. The average molecular weight is 260 g/mol. The molecule has 3 N–H and O–H groups in total. The summed E-state index contributed by atoms with van der Waals surface area (Å²) in [5.74, 6) is 1.08. The molecule has 0 radical (unpaired) electrons. The van der Waals surface area contributed by atoms with Crippen LogP contribution in [0.15, 0.2) is 24.3 Å². The summed E-state index contributed by atoms with van der Waals surface area (Å²) in [6.45, 7) is 3.66. The van der Waals surface area contributed by atoms with Crippen LogP contribution in [0.4, 0.5) is 11.8 Å². The average Bonchev–Trinajstić information content (AvgIpc) is 2.42. The van der Waals surface area contributed by atoms with Crippen LogP contribution < -0.4 is 10.6 Å². The van der Waals surface area contributed by atoms with Crippen molar-refractivity contribution in [1.82, 2.24) is 9.97 Å². The standard InChI is InChI=1S/C14H20N4O/c1-2-3-8-18(9-10-19)13-11-6-4-5-7-12(11)16-14(15)17-13/h4-7,19H,2-3,8-10H2,1H3,(H2,15,16,17). The Bertz CT molecular complexity index is 544. The molecule has 0 aliphatic rings. The minimum Gasteiger partial charge on any atom is -0.395 e. The summed E-state index contributed by atoms with van der Waals surface area (Å²) in [6.07, 6.45) is 2.15. The maximum Gasteiger partial charge on any atom is 0.222 e. The smallest absolute Gasteiger partial charge is 0.222 e. The van der Waals surface area contributed by atoms with Gasteiger partial charge in [0.2, 0.25) is 5.95 Å². The summed E-state index contributed by atoms with van der Waals surface area (Å²) in [5, 5.41) is 10.2. The molecule has 0 aliphatic carbocycles. The van der Waals surface area contributed by atoms with E-state index in [0.717, 1.165) is 36.1 Å². The first-order valence-corrected chi connectivity index (χ1v) is 6.64. The first kappa shape index (κ1) is 13.5. The highest BCUT2D eigenvalue weighted by Gasteiger charge is 2.12. The molecule has 0 amide bonds. The van der Waals surface area contributed by atoms with Crippen molar-refractivity contribution in [3.05, 3.63) is 24.3 Å². The summed E-state index contributed by atoms with van der Waals surface area (Å²) in [6, 6.07) is 7.80. The summed E-state index contributed by atoms with van der Waals surface area (Å²) in [5.41, 5.74) is 6.61. The predicted molar refractivity (Wildman–Crippen MR) is 78.2 cm³/mol. The maximum atomic E-state index is 9.22. The topological polar surface area (TPSA) is 75.3 Å². The Hall–Kier alpha value is -1.88. The van der Waals surface area contributed by atoms with Crippen LogP contribution in [0.5, 0.6) is 0 Å². The zero-order valence-electron chi connectivity index (χ0n) is 11.2. The van der Waals surface area contributed by atoms with Crippen molar-refractivity contribution < 1.29 is 5.11 Å². The highest BCUT2D eigenvalue weighted by atomic mass is 16.3. The van der Waals surface area contributed by atoms with Gasteiger partial charge in [0.25, 0.3) is 0 Å². The van der Waals surface area contributed by atoms with Gasteiger partial charge in [0, 0.05) is 18.5 Å². The first-order chi connectivity index (χ1) is 9.26. The van der Waals surface area contributed by atoms with Crippen LogP contribution in [0.1, 0.15) is 19.8 Å². The Morgan fingerprint density at radius 2 is 2.00 bits per heavy atom. The van der Waals surface area contributed by atoms with Crippen molar-refractivity contribution in [2.45, 2.75) is 19.8 Å². The molecule has 5 heteroatoms. The number of aliphatic hydroxyl groups excluding tert-OH is 1. The number of hydrogen-bond acceptors (Lipinski definition) is 5. The van der Waals surface area contributed by atoms with E-state index in [1.807, 2.05) is 24.3 Å². The van der Waals surface area contributed by atoms with Gasteiger partial charge in [-0.25, -0.2) is 4.98 Å². The lowest BCUT2D eigenvalue weighted by Crippen LogP contribution is -2.29. The number of aliphatic hydroxyl groups is 1. The molecule has 1 heterocycles. The highest BCUT2D eigenvalue weighted by Crippen LogP contribution is 2.24. The van der Waals surface area contributed by atoms with Gasteiger partial charge in [-0.2, -0.15) is 4.98 Å². The second kappa shape index (κ2) is 6.33.